The van der Waals surface area contributed by atoms with Gasteiger partial charge in [-0.15, -0.1) is 11.3 Å². The number of fused-ring (bicyclic) bond motifs is 1. The summed E-state index contributed by atoms with van der Waals surface area (Å²) in [5.41, 5.74) is 9.06. The second-order valence-corrected chi connectivity index (χ2v) is 7.38. The van der Waals surface area contributed by atoms with Gasteiger partial charge in [0.15, 0.2) is 0 Å². The van der Waals surface area contributed by atoms with E-state index in [1.165, 1.54) is 29.5 Å². The highest BCUT2D eigenvalue weighted by atomic mass is 32.1. The van der Waals surface area contributed by atoms with Gasteiger partial charge in [0.2, 0.25) is 5.13 Å². The molecule has 5 heteroatoms. The molecule has 4 nitrogen and oxygen atoms in total. The third-order valence-corrected chi connectivity index (χ3v) is 5.51. The quantitative estimate of drug-likeness (QED) is 0.453. The zero-order valence-electron chi connectivity index (χ0n) is 15.4. The maximum Gasteiger partial charge on any atom is 0.203 e. The molecule has 1 aliphatic carbocycles. The van der Waals surface area contributed by atoms with E-state index in [9.17, 15) is 0 Å². The highest BCUT2D eigenvalue weighted by Crippen LogP contribution is 2.32. The molecule has 1 aliphatic rings. The van der Waals surface area contributed by atoms with Crippen LogP contribution in [0.15, 0.2) is 52.9 Å². The molecular weight excluding hydrogens is 354 g/mol. The first kappa shape index (κ1) is 17.7. The van der Waals surface area contributed by atoms with Gasteiger partial charge in [0, 0.05) is 10.9 Å². The Balaban J connectivity index is 1.50. The number of ether oxygens (including phenoxy) is 1. The largest absolute Gasteiger partial charge is 0.494 e. The van der Waals surface area contributed by atoms with E-state index < -0.39 is 0 Å². The average molecular weight is 378 g/mol. The van der Waals surface area contributed by atoms with Gasteiger partial charge in [-0.2, -0.15) is 5.10 Å². The van der Waals surface area contributed by atoms with E-state index in [1.807, 2.05) is 36.7 Å². The molecule has 0 amide bonds. The van der Waals surface area contributed by atoms with E-state index >= 15 is 0 Å². The minimum Gasteiger partial charge on any atom is -0.494 e. The van der Waals surface area contributed by atoms with Crippen LogP contribution in [0.4, 0.5) is 5.13 Å². The van der Waals surface area contributed by atoms with E-state index in [2.05, 4.69) is 39.8 Å². The second kappa shape index (κ2) is 8.35. The molecule has 0 saturated heterocycles. The fourth-order valence-corrected chi connectivity index (χ4v) is 4.17. The molecule has 0 aliphatic heterocycles. The fourth-order valence-electron chi connectivity index (χ4n) is 3.50. The van der Waals surface area contributed by atoms with Crippen molar-refractivity contribution >= 4 is 22.7 Å². The Bertz CT molecular complexity index is 934. The van der Waals surface area contributed by atoms with Crippen LogP contribution >= 0.6 is 11.3 Å². The normalized spacial score (nSPS) is 13.5. The van der Waals surface area contributed by atoms with Crippen LogP contribution in [0.3, 0.4) is 0 Å². The predicted molar refractivity (Wildman–Crippen MR) is 113 cm³/mol. The lowest BCUT2D eigenvalue weighted by molar-refractivity contribution is 0.334. The molecule has 0 spiro atoms. The molecule has 27 heavy (non-hydrogen) atoms. The first-order valence-electron chi connectivity index (χ1n) is 9.42. The Morgan fingerprint density at radius 2 is 1.93 bits per heavy atom. The molecule has 4 rings (SSSR count). The minimum atomic E-state index is 0.704. The predicted octanol–water partition coefficient (Wildman–Crippen LogP) is 5.53. The summed E-state index contributed by atoms with van der Waals surface area (Å²) in [5.74, 6) is 1.03. The Morgan fingerprint density at radius 1 is 1.11 bits per heavy atom. The molecule has 0 fully saturated rings. The highest BCUT2D eigenvalue weighted by Gasteiger charge is 2.17. The lowest BCUT2D eigenvalue weighted by Crippen LogP contribution is -2.09. The summed E-state index contributed by atoms with van der Waals surface area (Å²) in [7, 11) is 0. The molecule has 1 heterocycles. The monoisotopic (exact) mass is 377 g/mol. The van der Waals surface area contributed by atoms with E-state index in [1.54, 1.807) is 11.3 Å². The molecule has 0 atom stereocenters. The number of nitrogens with one attached hydrogen (secondary N) is 1. The van der Waals surface area contributed by atoms with Gasteiger partial charge < -0.3 is 4.74 Å². The number of hydrazone groups is 1. The molecular formula is C22H23N3OS. The number of anilines is 1. The lowest BCUT2D eigenvalue weighted by Gasteiger charge is -2.21. The zero-order valence-corrected chi connectivity index (χ0v) is 16.3. The number of thiazole rings is 1. The molecule has 0 saturated carbocycles. The summed E-state index contributed by atoms with van der Waals surface area (Å²) >= 11 is 1.56. The summed E-state index contributed by atoms with van der Waals surface area (Å²) in [6.45, 7) is 2.74. The summed E-state index contributed by atoms with van der Waals surface area (Å²) in [5, 5.41) is 7.28. The van der Waals surface area contributed by atoms with Crippen molar-refractivity contribution in [1.82, 2.24) is 4.98 Å². The summed E-state index contributed by atoms with van der Waals surface area (Å²) in [6, 6.07) is 14.4. The molecule has 0 radical (unpaired) electrons. The van der Waals surface area contributed by atoms with Crippen molar-refractivity contribution in [3.8, 4) is 17.0 Å². The van der Waals surface area contributed by atoms with Crippen LogP contribution in [-0.2, 0) is 12.8 Å². The molecule has 0 bridgehead atoms. The Labute approximate surface area is 163 Å². The highest BCUT2D eigenvalue weighted by molar-refractivity contribution is 7.14. The van der Waals surface area contributed by atoms with Gasteiger partial charge >= 0.3 is 0 Å². The van der Waals surface area contributed by atoms with Gasteiger partial charge in [0.1, 0.15) is 5.75 Å². The number of hydrogen-bond acceptors (Lipinski definition) is 5. The molecule has 1 N–H and O–H groups in total. The van der Waals surface area contributed by atoms with E-state index in [-0.39, 0.29) is 0 Å². The molecule has 2 aromatic carbocycles. The minimum absolute atomic E-state index is 0.704. The summed E-state index contributed by atoms with van der Waals surface area (Å²) < 4.78 is 5.81. The number of aromatic nitrogens is 1. The molecule has 0 unspecified atom stereocenters. The first-order valence-corrected chi connectivity index (χ1v) is 10.3. The smallest absolute Gasteiger partial charge is 0.203 e. The first-order chi connectivity index (χ1) is 13.3. The van der Waals surface area contributed by atoms with E-state index in [0.717, 1.165) is 35.0 Å². The van der Waals surface area contributed by atoms with Crippen LogP contribution in [0, 0.1) is 0 Å². The van der Waals surface area contributed by atoms with Crippen LogP contribution in [0.2, 0.25) is 0 Å². The van der Waals surface area contributed by atoms with Crippen molar-refractivity contribution < 1.29 is 4.74 Å². The van der Waals surface area contributed by atoms with Crippen molar-refractivity contribution in [2.24, 2.45) is 5.10 Å². The van der Waals surface area contributed by atoms with Crippen LogP contribution in [0.25, 0.3) is 11.3 Å². The fraction of sp³-hybridized carbons (Fsp3) is 0.273. The number of hydrogen-bond donors (Lipinski definition) is 1. The van der Waals surface area contributed by atoms with Crippen LogP contribution in [0.1, 0.15) is 36.5 Å². The third kappa shape index (κ3) is 4.03. The maximum atomic E-state index is 5.81. The number of rotatable bonds is 6. The molecule has 1 aromatic heterocycles. The van der Waals surface area contributed by atoms with Gasteiger partial charge in [0.05, 0.1) is 18.5 Å². The van der Waals surface area contributed by atoms with Gasteiger partial charge in [-0.05, 0) is 61.4 Å². The Morgan fingerprint density at radius 3 is 2.74 bits per heavy atom. The van der Waals surface area contributed by atoms with Gasteiger partial charge in [0.25, 0.3) is 0 Å². The van der Waals surface area contributed by atoms with Gasteiger partial charge in [-0.25, -0.2) is 4.98 Å². The van der Waals surface area contributed by atoms with Crippen LogP contribution < -0.4 is 10.2 Å². The molecule has 138 valence electrons. The number of nitrogens with zero attached hydrogens (tertiary/aromatic N) is 2. The van der Waals surface area contributed by atoms with Crippen LogP contribution in [0.5, 0.6) is 5.75 Å². The second-order valence-electron chi connectivity index (χ2n) is 6.52. The average Bonchev–Trinajstić information content (AvgIpc) is 3.19. The Kier molecular flexibility index (Phi) is 5.49. The topological polar surface area (TPSA) is 46.5 Å². The van der Waals surface area contributed by atoms with Crippen molar-refractivity contribution in [1.29, 1.82) is 0 Å². The zero-order chi connectivity index (χ0) is 18.5. The molecule has 3 aromatic rings. The van der Waals surface area contributed by atoms with Crippen molar-refractivity contribution in [3.63, 3.8) is 0 Å². The van der Waals surface area contributed by atoms with Gasteiger partial charge in [-0.1, -0.05) is 30.3 Å². The maximum absolute atomic E-state index is 5.81. The summed E-state index contributed by atoms with van der Waals surface area (Å²) in [4.78, 5) is 4.61. The van der Waals surface area contributed by atoms with E-state index in [0.29, 0.717) is 6.61 Å². The van der Waals surface area contributed by atoms with Crippen LogP contribution in [-0.4, -0.2) is 17.8 Å². The van der Waals surface area contributed by atoms with Crippen molar-refractivity contribution in [2.75, 3.05) is 12.0 Å². The van der Waals surface area contributed by atoms with Crippen molar-refractivity contribution in [2.45, 2.75) is 32.6 Å². The standard InChI is InChI=1S/C22H23N3OS/c1-2-26-21-13-12-17(18-10-6-7-11-19(18)21)14-23-25-22-24-20(15-27-22)16-8-4-3-5-9-16/h3-5,8-9,12-15H,2,6-7,10-11H2,1H3,(H,24,25). The van der Waals surface area contributed by atoms with E-state index in [4.69, 9.17) is 4.74 Å². The summed E-state index contributed by atoms with van der Waals surface area (Å²) in [6.07, 6.45) is 6.54. The van der Waals surface area contributed by atoms with Crippen molar-refractivity contribution in [3.05, 3.63) is 64.5 Å². The SMILES string of the molecule is CCOc1ccc(C=NNc2nc(-c3ccccc3)cs2)c2c1CCCC2. The Hall–Kier alpha value is -2.66. The third-order valence-electron chi connectivity index (χ3n) is 4.77. The lowest BCUT2D eigenvalue weighted by atomic mass is 9.88. The number of benzene rings is 2. The van der Waals surface area contributed by atoms with Gasteiger partial charge in [-0.3, -0.25) is 5.43 Å².